The van der Waals surface area contributed by atoms with Crippen molar-refractivity contribution in [2.45, 2.75) is 39.2 Å². The van der Waals surface area contributed by atoms with E-state index in [4.69, 9.17) is 16.3 Å². The molecule has 21 heavy (non-hydrogen) atoms. The molecule has 0 radical (unpaired) electrons. The Labute approximate surface area is 133 Å². The Morgan fingerprint density at radius 1 is 1.43 bits per heavy atom. The second kappa shape index (κ2) is 6.46. The van der Waals surface area contributed by atoms with E-state index in [-0.39, 0.29) is 0 Å². The molecule has 3 heterocycles. The molecule has 1 fully saturated rings. The van der Waals surface area contributed by atoms with Gasteiger partial charge in [-0.3, -0.25) is 0 Å². The molecule has 2 atom stereocenters. The Bertz CT molecular complexity index is 631. The first-order valence-corrected chi connectivity index (χ1v) is 8.72. The molecule has 0 bridgehead atoms. The lowest BCUT2D eigenvalue weighted by Crippen LogP contribution is -2.23. The number of thiophene rings is 1. The van der Waals surface area contributed by atoms with Crippen molar-refractivity contribution >= 4 is 39.0 Å². The van der Waals surface area contributed by atoms with Crippen LogP contribution in [-0.4, -0.2) is 29.2 Å². The molecule has 0 aromatic carbocycles. The molecule has 6 heteroatoms. The summed E-state index contributed by atoms with van der Waals surface area (Å²) in [7, 11) is 0. The quantitative estimate of drug-likeness (QED) is 0.839. The Balaban J connectivity index is 1.81. The fourth-order valence-corrected chi connectivity index (χ4v) is 4.05. The summed E-state index contributed by atoms with van der Waals surface area (Å²) < 4.78 is 5.74. The molecule has 2 aromatic heterocycles. The van der Waals surface area contributed by atoms with E-state index >= 15 is 0 Å². The number of nitrogens with zero attached hydrogens (tertiary/aromatic N) is 2. The zero-order valence-corrected chi connectivity index (χ0v) is 13.9. The molecule has 2 unspecified atom stereocenters. The first-order chi connectivity index (χ1) is 10.2. The Morgan fingerprint density at radius 2 is 2.29 bits per heavy atom. The van der Waals surface area contributed by atoms with Gasteiger partial charge in [0.2, 0.25) is 5.28 Å². The van der Waals surface area contributed by atoms with Crippen LogP contribution >= 0.6 is 22.9 Å². The van der Waals surface area contributed by atoms with Crippen LogP contribution in [0, 0.1) is 5.92 Å². The van der Waals surface area contributed by atoms with E-state index in [1.165, 1.54) is 4.88 Å². The van der Waals surface area contributed by atoms with E-state index in [9.17, 15) is 0 Å². The standard InChI is InChI=1S/C15H20ClN3OS/c1-3-10-7-11-13(18-15(16)19-14(11)21-10)17-8-9-5-6-20-12(9)4-2/h7,9,12H,3-6,8H2,1-2H3,(H,17,18,19). The van der Waals surface area contributed by atoms with Crippen molar-refractivity contribution in [2.24, 2.45) is 5.92 Å². The summed E-state index contributed by atoms with van der Waals surface area (Å²) in [5.74, 6) is 1.39. The molecule has 3 rings (SSSR count). The van der Waals surface area contributed by atoms with Gasteiger partial charge in [0.15, 0.2) is 0 Å². The van der Waals surface area contributed by atoms with Crippen molar-refractivity contribution in [1.82, 2.24) is 9.97 Å². The zero-order chi connectivity index (χ0) is 14.8. The smallest absolute Gasteiger partial charge is 0.225 e. The largest absolute Gasteiger partial charge is 0.378 e. The summed E-state index contributed by atoms with van der Waals surface area (Å²) in [6.45, 7) is 6.06. The second-order valence-electron chi connectivity index (χ2n) is 5.37. The minimum atomic E-state index is 0.309. The van der Waals surface area contributed by atoms with Crippen molar-refractivity contribution in [3.63, 3.8) is 0 Å². The number of halogens is 1. The van der Waals surface area contributed by atoms with Crippen LogP contribution in [0.5, 0.6) is 0 Å². The fourth-order valence-electron chi connectivity index (χ4n) is 2.86. The number of nitrogens with one attached hydrogen (secondary N) is 1. The zero-order valence-electron chi connectivity index (χ0n) is 12.4. The number of hydrogen-bond donors (Lipinski definition) is 1. The van der Waals surface area contributed by atoms with Crippen LogP contribution in [0.25, 0.3) is 10.2 Å². The van der Waals surface area contributed by atoms with Crippen molar-refractivity contribution in [1.29, 1.82) is 0 Å². The van der Waals surface area contributed by atoms with Crippen molar-refractivity contribution < 1.29 is 4.74 Å². The number of anilines is 1. The van der Waals surface area contributed by atoms with Crippen LogP contribution in [0.3, 0.4) is 0 Å². The normalized spacial score (nSPS) is 22.0. The highest BCUT2D eigenvalue weighted by Gasteiger charge is 2.26. The molecule has 1 aliphatic heterocycles. The predicted octanol–water partition coefficient (Wildman–Crippen LogP) is 4.13. The van der Waals surface area contributed by atoms with Gasteiger partial charge in [0.05, 0.1) is 11.5 Å². The van der Waals surface area contributed by atoms with Gasteiger partial charge >= 0.3 is 0 Å². The van der Waals surface area contributed by atoms with Crippen LogP contribution in [0.15, 0.2) is 6.07 Å². The molecule has 0 spiro atoms. The molecule has 2 aromatic rings. The van der Waals surface area contributed by atoms with E-state index in [2.05, 4.69) is 35.2 Å². The SMILES string of the molecule is CCc1cc2c(NCC3CCOC3CC)nc(Cl)nc2s1. The summed E-state index contributed by atoms with van der Waals surface area (Å²) in [6, 6.07) is 2.17. The van der Waals surface area contributed by atoms with Crippen LogP contribution < -0.4 is 5.32 Å². The first-order valence-electron chi connectivity index (χ1n) is 7.52. The predicted molar refractivity (Wildman–Crippen MR) is 88.4 cm³/mol. The van der Waals surface area contributed by atoms with E-state index < -0.39 is 0 Å². The molecular formula is C15H20ClN3OS. The maximum absolute atomic E-state index is 6.05. The van der Waals surface area contributed by atoms with E-state index in [1.54, 1.807) is 11.3 Å². The lowest BCUT2D eigenvalue weighted by atomic mass is 10.00. The van der Waals surface area contributed by atoms with E-state index in [0.717, 1.165) is 48.4 Å². The second-order valence-corrected chi connectivity index (χ2v) is 6.83. The van der Waals surface area contributed by atoms with Gasteiger partial charge in [-0.05, 0) is 36.9 Å². The maximum Gasteiger partial charge on any atom is 0.225 e. The van der Waals surface area contributed by atoms with Crippen molar-refractivity contribution in [2.75, 3.05) is 18.5 Å². The molecule has 1 N–H and O–H groups in total. The van der Waals surface area contributed by atoms with E-state index in [0.29, 0.717) is 17.3 Å². The number of hydrogen-bond acceptors (Lipinski definition) is 5. The Morgan fingerprint density at radius 3 is 3.05 bits per heavy atom. The van der Waals surface area contributed by atoms with Gasteiger partial charge in [-0.2, -0.15) is 0 Å². The van der Waals surface area contributed by atoms with Gasteiger partial charge in [0, 0.05) is 23.9 Å². The molecule has 0 aliphatic carbocycles. The minimum absolute atomic E-state index is 0.309. The summed E-state index contributed by atoms with van der Waals surface area (Å²) in [6.07, 6.45) is 3.54. The Hall–Kier alpha value is -0.910. The number of aromatic nitrogens is 2. The molecule has 114 valence electrons. The average Bonchev–Trinajstić information content (AvgIpc) is 3.10. The third-order valence-corrected chi connectivity index (χ3v) is 5.39. The van der Waals surface area contributed by atoms with Crippen LogP contribution in [-0.2, 0) is 11.2 Å². The highest BCUT2D eigenvalue weighted by molar-refractivity contribution is 7.18. The third-order valence-electron chi connectivity index (χ3n) is 4.05. The summed E-state index contributed by atoms with van der Waals surface area (Å²) in [4.78, 5) is 11.0. The number of aryl methyl sites for hydroxylation is 1. The molecule has 0 amide bonds. The van der Waals surface area contributed by atoms with E-state index in [1.807, 2.05) is 0 Å². The van der Waals surface area contributed by atoms with Crippen molar-refractivity contribution in [3.05, 3.63) is 16.2 Å². The molecule has 0 saturated carbocycles. The summed E-state index contributed by atoms with van der Waals surface area (Å²) >= 11 is 7.74. The lowest BCUT2D eigenvalue weighted by molar-refractivity contribution is 0.0900. The highest BCUT2D eigenvalue weighted by Crippen LogP contribution is 2.31. The molecule has 1 saturated heterocycles. The maximum atomic E-state index is 6.05. The van der Waals surface area contributed by atoms with Crippen molar-refractivity contribution in [3.8, 4) is 0 Å². The highest BCUT2D eigenvalue weighted by atomic mass is 35.5. The van der Waals surface area contributed by atoms with Gasteiger partial charge in [-0.25, -0.2) is 9.97 Å². The summed E-state index contributed by atoms with van der Waals surface area (Å²) in [5.41, 5.74) is 0. The van der Waals surface area contributed by atoms with Crippen LogP contribution in [0.2, 0.25) is 5.28 Å². The summed E-state index contributed by atoms with van der Waals surface area (Å²) in [5, 5.41) is 4.85. The third kappa shape index (κ3) is 3.15. The lowest BCUT2D eigenvalue weighted by Gasteiger charge is -2.17. The van der Waals surface area contributed by atoms with Gasteiger partial charge in [-0.1, -0.05) is 13.8 Å². The van der Waals surface area contributed by atoms with Crippen LogP contribution in [0.1, 0.15) is 31.6 Å². The minimum Gasteiger partial charge on any atom is -0.378 e. The van der Waals surface area contributed by atoms with Gasteiger partial charge in [0.1, 0.15) is 10.6 Å². The molecule has 1 aliphatic rings. The number of fused-ring (bicyclic) bond motifs is 1. The first kappa shape index (κ1) is 15.0. The van der Waals surface area contributed by atoms with Crippen LogP contribution in [0.4, 0.5) is 5.82 Å². The molecule has 4 nitrogen and oxygen atoms in total. The van der Waals surface area contributed by atoms with Gasteiger partial charge in [0.25, 0.3) is 0 Å². The fraction of sp³-hybridized carbons (Fsp3) is 0.600. The molecular weight excluding hydrogens is 306 g/mol. The topological polar surface area (TPSA) is 47.0 Å². The monoisotopic (exact) mass is 325 g/mol. The van der Waals surface area contributed by atoms with Gasteiger partial charge in [-0.15, -0.1) is 11.3 Å². The number of ether oxygens (including phenoxy) is 1. The average molecular weight is 326 g/mol. The Kier molecular flexibility index (Phi) is 4.62. The number of rotatable bonds is 5. The van der Waals surface area contributed by atoms with Gasteiger partial charge < -0.3 is 10.1 Å².